The van der Waals surface area contributed by atoms with Crippen molar-refractivity contribution in [2.45, 2.75) is 45.3 Å². The normalized spacial score (nSPS) is 11.5. The molecule has 1 N–H and O–H groups in total. The second kappa shape index (κ2) is 11.9. The molecule has 0 radical (unpaired) electrons. The molecule has 206 valence electrons. The first-order valence-electron chi connectivity index (χ1n) is 12.5. The second-order valence-electron chi connectivity index (χ2n) is 9.10. The van der Waals surface area contributed by atoms with E-state index >= 15 is 0 Å². The van der Waals surface area contributed by atoms with Gasteiger partial charge in [-0.25, -0.2) is 14.6 Å². The van der Waals surface area contributed by atoms with Crippen LogP contribution in [0.3, 0.4) is 0 Å². The molecule has 0 amide bonds. The topological polar surface area (TPSA) is 69.1 Å². The van der Waals surface area contributed by atoms with Gasteiger partial charge in [-0.2, -0.15) is 13.2 Å². The van der Waals surface area contributed by atoms with E-state index < -0.39 is 11.7 Å². The number of rotatable bonds is 10. The number of methoxy groups -OCH3 is 1. The SMILES string of the molecule is COC(=O)CCCCC[n+]1c(-c2cccc(C(F)(F)F)c2)csc1Nc1c(C)n(C)n(-c2ccccc2)c1=O. The van der Waals surface area contributed by atoms with Crippen LogP contribution in [0.4, 0.5) is 24.0 Å². The highest BCUT2D eigenvalue weighted by Crippen LogP contribution is 2.33. The Morgan fingerprint density at radius 1 is 1.08 bits per heavy atom. The molecule has 11 heteroatoms. The largest absolute Gasteiger partial charge is 0.469 e. The number of halogens is 3. The van der Waals surface area contributed by atoms with Crippen molar-refractivity contribution in [3.63, 3.8) is 0 Å². The van der Waals surface area contributed by atoms with Crippen LogP contribution in [0.15, 0.2) is 64.8 Å². The van der Waals surface area contributed by atoms with E-state index in [9.17, 15) is 22.8 Å². The van der Waals surface area contributed by atoms with Crippen LogP contribution in [0.25, 0.3) is 16.9 Å². The molecule has 0 unspecified atom stereocenters. The standard InChI is InChI=1S/C28H29F3N4O3S/c1-19-25(26(37)35(33(19)2)22-13-6-4-7-14-22)32-27-34(16-9-5-8-15-24(36)38-3)23(18-39-27)20-11-10-12-21(17-20)28(29,30)31/h4,6-7,10-14,17-18H,5,8-9,15-16H2,1-3H3/p+1. The van der Waals surface area contributed by atoms with Crippen molar-refractivity contribution in [2.75, 3.05) is 12.4 Å². The fourth-order valence-electron chi connectivity index (χ4n) is 4.38. The van der Waals surface area contributed by atoms with Crippen molar-refractivity contribution in [3.05, 3.63) is 81.6 Å². The first-order valence-corrected chi connectivity index (χ1v) is 13.4. The molecule has 2 aromatic carbocycles. The lowest BCUT2D eigenvalue weighted by Gasteiger charge is -2.09. The quantitative estimate of drug-likeness (QED) is 0.147. The van der Waals surface area contributed by atoms with E-state index in [2.05, 4.69) is 5.32 Å². The highest BCUT2D eigenvalue weighted by molar-refractivity contribution is 7.13. The van der Waals surface area contributed by atoms with Crippen LogP contribution in [0, 0.1) is 6.92 Å². The Morgan fingerprint density at radius 2 is 1.82 bits per heavy atom. The number of hydrogen-bond acceptors (Lipinski definition) is 5. The van der Waals surface area contributed by atoms with Crippen LogP contribution < -0.4 is 15.4 Å². The molecule has 4 aromatic rings. The van der Waals surface area contributed by atoms with Crippen molar-refractivity contribution >= 4 is 28.1 Å². The maximum Gasteiger partial charge on any atom is 0.416 e. The summed E-state index contributed by atoms with van der Waals surface area (Å²) in [5.41, 5.74) is 1.89. The first kappa shape index (κ1) is 28.2. The lowest BCUT2D eigenvalue weighted by molar-refractivity contribution is -0.668. The van der Waals surface area contributed by atoms with Crippen LogP contribution in [-0.2, 0) is 29.3 Å². The number of alkyl halides is 3. The zero-order valence-corrected chi connectivity index (χ0v) is 22.7. The maximum absolute atomic E-state index is 13.5. The third-order valence-corrected chi connectivity index (χ3v) is 7.47. The lowest BCUT2D eigenvalue weighted by Crippen LogP contribution is -2.37. The van der Waals surface area contributed by atoms with Gasteiger partial charge in [-0.05, 0) is 50.5 Å². The van der Waals surface area contributed by atoms with Gasteiger partial charge in [0.15, 0.2) is 0 Å². The Labute approximate surface area is 228 Å². The zero-order valence-electron chi connectivity index (χ0n) is 21.9. The Kier molecular flexibility index (Phi) is 8.59. The molecular weight excluding hydrogens is 529 g/mol. The number of esters is 1. The monoisotopic (exact) mass is 559 g/mol. The molecule has 0 aliphatic heterocycles. The van der Waals surface area contributed by atoms with E-state index in [-0.39, 0.29) is 11.5 Å². The van der Waals surface area contributed by atoms with E-state index in [4.69, 9.17) is 4.74 Å². The third kappa shape index (κ3) is 6.25. The van der Waals surface area contributed by atoms with Gasteiger partial charge in [0, 0.05) is 24.4 Å². The molecule has 0 aliphatic rings. The highest BCUT2D eigenvalue weighted by atomic mass is 32.1. The van der Waals surface area contributed by atoms with E-state index in [1.165, 1.54) is 24.5 Å². The minimum Gasteiger partial charge on any atom is -0.469 e. The Bertz CT molecular complexity index is 1510. The van der Waals surface area contributed by atoms with Gasteiger partial charge >= 0.3 is 22.8 Å². The molecule has 0 fully saturated rings. The number of hydrogen-bond donors (Lipinski definition) is 1. The van der Waals surface area contributed by atoms with Gasteiger partial charge < -0.3 is 4.74 Å². The number of unbranched alkanes of at least 4 members (excludes halogenated alkanes) is 2. The summed E-state index contributed by atoms with van der Waals surface area (Å²) in [5, 5.41) is 5.69. The zero-order chi connectivity index (χ0) is 28.2. The third-order valence-electron chi connectivity index (χ3n) is 6.58. The molecule has 39 heavy (non-hydrogen) atoms. The smallest absolute Gasteiger partial charge is 0.416 e. The minimum atomic E-state index is -4.46. The average Bonchev–Trinajstić information content (AvgIpc) is 3.42. The maximum atomic E-state index is 13.5. The summed E-state index contributed by atoms with van der Waals surface area (Å²) in [6.45, 7) is 2.32. The number of para-hydroxylation sites is 1. The number of aromatic nitrogens is 3. The number of carbonyl (C=O) groups excluding carboxylic acids is 1. The summed E-state index contributed by atoms with van der Waals surface area (Å²) in [6, 6.07) is 14.5. The molecule has 7 nitrogen and oxygen atoms in total. The van der Waals surface area contributed by atoms with Gasteiger partial charge in [0.05, 0.1) is 30.6 Å². The van der Waals surface area contributed by atoms with Crippen molar-refractivity contribution in [1.29, 1.82) is 0 Å². The highest BCUT2D eigenvalue weighted by Gasteiger charge is 2.31. The Morgan fingerprint density at radius 3 is 2.51 bits per heavy atom. The molecule has 0 saturated heterocycles. The van der Waals surface area contributed by atoms with E-state index in [0.717, 1.165) is 24.2 Å². The number of ether oxygens (including phenoxy) is 1. The summed E-state index contributed by atoms with van der Waals surface area (Å²) < 4.78 is 50.2. The summed E-state index contributed by atoms with van der Waals surface area (Å²) in [6.07, 6.45) is -2.11. The molecule has 0 saturated carbocycles. The first-order chi connectivity index (χ1) is 18.6. The van der Waals surface area contributed by atoms with Crippen LogP contribution in [0.1, 0.15) is 36.9 Å². The number of nitrogens with zero attached hydrogens (tertiary/aromatic N) is 3. The van der Waals surface area contributed by atoms with Gasteiger partial charge in [0.1, 0.15) is 5.69 Å². The van der Waals surface area contributed by atoms with E-state index in [0.29, 0.717) is 53.6 Å². The van der Waals surface area contributed by atoms with Gasteiger partial charge in [-0.1, -0.05) is 41.7 Å². The lowest BCUT2D eigenvalue weighted by atomic mass is 10.1. The molecule has 0 bridgehead atoms. The van der Waals surface area contributed by atoms with E-state index in [1.807, 2.05) is 41.8 Å². The number of thiazole rings is 1. The van der Waals surface area contributed by atoms with Crippen LogP contribution in [0.5, 0.6) is 0 Å². The van der Waals surface area contributed by atoms with Crippen molar-refractivity contribution in [2.24, 2.45) is 7.05 Å². The van der Waals surface area contributed by atoms with Crippen LogP contribution in [-0.4, -0.2) is 22.4 Å². The fourth-order valence-corrected chi connectivity index (χ4v) is 5.35. The fraction of sp³-hybridized carbons (Fsp3) is 0.321. The van der Waals surface area contributed by atoms with Crippen molar-refractivity contribution in [3.8, 4) is 16.9 Å². The van der Waals surface area contributed by atoms with Crippen LogP contribution >= 0.6 is 11.3 Å². The van der Waals surface area contributed by atoms with Crippen molar-refractivity contribution < 1.29 is 27.3 Å². The number of carbonyl (C=O) groups is 1. The average molecular weight is 560 g/mol. The minimum absolute atomic E-state index is 0.236. The second-order valence-corrected chi connectivity index (χ2v) is 9.96. The van der Waals surface area contributed by atoms with Gasteiger partial charge in [-0.15, -0.1) is 0 Å². The summed E-state index contributed by atoms with van der Waals surface area (Å²) in [4.78, 5) is 24.9. The molecule has 0 spiro atoms. The number of anilines is 2. The van der Waals surface area contributed by atoms with Gasteiger partial charge in [0.2, 0.25) is 5.69 Å². The number of benzene rings is 2. The molecule has 0 atom stereocenters. The summed E-state index contributed by atoms with van der Waals surface area (Å²) in [5.74, 6) is -0.278. The summed E-state index contributed by atoms with van der Waals surface area (Å²) in [7, 11) is 3.15. The van der Waals surface area contributed by atoms with Gasteiger partial charge in [0.25, 0.3) is 0 Å². The summed E-state index contributed by atoms with van der Waals surface area (Å²) >= 11 is 1.32. The molecule has 4 rings (SSSR count). The van der Waals surface area contributed by atoms with E-state index in [1.54, 1.807) is 27.9 Å². The molecule has 2 heterocycles. The Balaban J connectivity index is 1.69. The molecule has 2 aromatic heterocycles. The molecular formula is C28H30F3N4O3S+. The van der Waals surface area contributed by atoms with Gasteiger partial charge in [-0.3, -0.25) is 14.3 Å². The van der Waals surface area contributed by atoms with Crippen molar-refractivity contribution in [1.82, 2.24) is 9.36 Å². The van der Waals surface area contributed by atoms with Crippen LogP contribution in [0.2, 0.25) is 0 Å². The predicted molar refractivity (Wildman–Crippen MR) is 144 cm³/mol. The Hall–Kier alpha value is -3.86. The predicted octanol–water partition coefficient (Wildman–Crippen LogP) is 6.00. The molecule has 0 aliphatic carbocycles. The number of nitrogens with one attached hydrogen (secondary N) is 1.